The van der Waals surface area contributed by atoms with Crippen molar-refractivity contribution in [2.45, 2.75) is 0 Å². The highest BCUT2D eigenvalue weighted by atomic mass is 16.4. The molecule has 1 aromatic heterocycles. The SMILES string of the molecule is O=c1oc(-c2ccccc2)c(-c2ccccc2)n1-c1cccc2ccccc12. The molecule has 1 heterocycles. The normalized spacial score (nSPS) is 11.0. The maximum atomic E-state index is 13.0. The van der Waals surface area contributed by atoms with Gasteiger partial charge in [0.15, 0.2) is 5.76 Å². The number of nitrogens with zero attached hydrogens (tertiary/aromatic N) is 1. The summed E-state index contributed by atoms with van der Waals surface area (Å²) in [5, 5.41) is 2.08. The van der Waals surface area contributed by atoms with Crippen molar-refractivity contribution in [3.8, 4) is 28.3 Å². The van der Waals surface area contributed by atoms with Gasteiger partial charge in [-0.1, -0.05) is 97.1 Å². The van der Waals surface area contributed by atoms with E-state index in [-0.39, 0.29) is 0 Å². The van der Waals surface area contributed by atoms with E-state index in [0.29, 0.717) is 5.76 Å². The van der Waals surface area contributed by atoms with Gasteiger partial charge in [0.05, 0.1) is 5.69 Å². The second kappa shape index (κ2) is 6.71. The Labute approximate surface area is 162 Å². The lowest BCUT2D eigenvalue weighted by atomic mass is 10.0. The van der Waals surface area contributed by atoms with E-state index >= 15 is 0 Å². The van der Waals surface area contributed by atoms with E-state index in [1.165, 1.54) is 0 Å². The molecule has 0 amide bonds. The minimum Gasteiger partial charge on any atom is -0.407 e. The molecule has 0 unspecified atom stereocenters. The number of fused-ring (bicyclic) bond motifs is 1. The molecule has 3 nitrogen and oxygen atoms in total. The number of aromatic nitrogens is 1. The lowest BCUT2D eigenvalue weighted by Gasteiger charge is -2.11. The van der Waals surface area contributed by atoms with Crippen molar-refractivity contribution in [1.82, 2.24) is 4.57 Å². The van der Waals surface area contributed by atoms with Crippen molar-refractivity contribution in [2.24, 2.45) is 0 Å². The monoisotopic (exact) mass is 363 g/mol. The molecule has 0 aliphatic heterocycles. The first-order chi connectivity index (χ1) is 13.8. The molecule has 28 heavy (non-hydrogen) atoms. The fourth-order valence-corrected chi connectivity index (χ4v) is 3.64. The summed E-state index contributed by atoms with van der Waals surface area (Å²) in [5.41, 5.74) is 3.37. The number of benzene rings is 4. The van der Waals surface area contributed by atoms with Crippen LogP contribution in [0.5, 0.6) is 0 Å². The Bertz CT molecular complexity index is 1310. The summed E-state index contributed by atoms with van der Waals surface area (Å²) in [6.07, 6.45) is 0. The third kappa shape index (κ3) is 2.65. The van der Waals surface area contributed by atoms with Gasteiger partial charge in [0.2, 0.25) is 0 Å². The molecule has 0 fully saturated rings. The topological polar surface area (TPSA) is 35.1 Å². The standard InChI is InChI=1S/C25H17NO2/c27-25-26(22-17-9-15-18-10-7-8-16-21(18)22)23(19-11-3-1-4-12-19)24(28-25)20-13-5-2-6-14-20/h1-17H. The summed E-state index contributed by atoms with van der Waals surface area (Å²) in [7, 11) is 0. The maximum absolute atomic E-state index is 13.0. The highest BCUT2D eigenvalue weighted by molar-refractivity contribution is 5.91. The molecule has 3 heteroatoms. The summed E-state index contributed by atoms with van der Waals surface area (Å²) in [6, 6.07) is 33.7. The minimum atomic E-state index is -0.394. The van der Waals surface area contributed by atoms with Gasteiger partial charge in [-0.15, -0.1) is 0 Å². The van der Waals surface area contributed by atoms with Crippen molar-refractivity contribution in [1.29, 1.82) is 0 Å². The summed E-state index contributed by atoms with van der Waals surface area (Å²) in [6.45, 7) is 0. The van der Waals surface area contributed by atoms with Crippen molar-refractivity contribution in [2.75, 3.05) is 0 Å². The molecule has 0 saturated heterocycles. The second-order valence-corrected chi connectivity index (χ2v) is 6.61. The number of hydrogen-bond donors (Lipinski definition) is 0. The van der Waals surface area contributed by atoms with Crippen LogP contribution in [0.4, 0.5) is 0 Å². The first-order valence-corrected chi connectivity index (χ1v) is 9.18. The fraction of sp³-hybridized carbons (Fsp3) is 0. The van der Waals surface area contributed by atoms with E-state index in [0.717, 1.165) is 33.3 Å². The summed E-state index contributed by atoms with van der Waals surface area (Å²) < 4.78 is 7.48. The summed E-state index contributed by atoms with van der Waals surface area (Å²) >= 11 is 0. The zero-order valence-electron chi connectivity index (χ0n) is 15.1. The van der Waals surface area contributed by atoms with Gasteiger partial charge in [-0.2, -0.15) is 0 Å². The van der Waals surface area contributed by atoms with Crippen LogP contribution in [0.1, 0.15) is 0 Å². The Hall–Kier alpha value is -3.85. The smallest absolute Gasteiger partial charge is 0.407 e. The maximum Gasteiger partial charge on any atom is 0.424 e. The Morgan fingerprint density at radius 1 is 0.607 bits per heavy atom. The molecule has 5 aromatic rings. The van der Waals surface area contributed by atoms with Gasteiger partial charge in [0.25, 0.3) is 0 Å². The van der Waals surface area contributed by atoms with Gasteiger partial charge in [0.1, 0.15) is 5.69 Å². The van der Waals surface area contributed by atoms with Crippen molar-refractivity contribution >= 4 is 10.8 Å². The predicted molar refractivity (Wildman–Crippen MR) is 113 cm³/mol. The van der Waals surface area contributed by atoms with E-state index in [1.807, 2.05) is 103 Å². The van der Waals surface area contributed by atoms with Gasteiger partial charge in [-0.05, 0) is 11.5 Å². The third-order valence-corrected chi connectivity index (χ3v) is 4.90. The Balaban J connectivity index is 1.89. The predicted octanol–water partition coefficient (Wildman–Crippen LogP) is 5.92. The molecular formula is C25H17NO2. The van der Waals surface area contributed by atoms with Gasteiger partial charge in [0, 0.05) is 16.5 Å². The minimum absolute atomic E-state index is 0.394. The zero-order chi connectivity index (χ0) is 18.9. The van der Waals surface area contributed by atoms with Crippen LogP contribution in [0.2, 0.25) is 0 Å². The van der Waals surface area contributed by atoms with Crippen LogP contribution in [0.25, 0.3) is 39.0 Å². The van der Waals surface area contributed by atoms with Crippen LogP contribution in [-0.2, 0) is 0 Å². The third-order valence-electron chi connectivity index (χ3n) is 4.90. The second-order valence-electron chi connectivity index (χ2n) is 6.61. The molecule has 0 N–H and O–H groups in total. The molecule has 0 spiro atoms. The van der Waals surface area contributed by atoms with Gasteiger partial charge < -0.3 is 4.42 Å². The molecule has 0 aliphatic carbocycles. The Kier molecular flexibility index (Phi) is 3.91. The highest BCUT2D eigenvalue weighted by Gasteiger charge is 2.22. The average molecular weight is 363 g/mol. The molecule has 4 aromatic carbocycles. The lowest BCUT2D eigenvalue weighted by molar-refractivity contribution is 0.516. The summed E-state index contributed by atoms with van der Waals surface area (Å²) in [4.78, 5) is 13.0. The lowest BCUT2D eigenvalue weighted by Crippen LogP contribution is -2.13. The van der Waals surface area contributed by atoms with Crippen LogP contribution in [0.3, 0.4) is 0 Å². The molecule has 0 atom stereocenters. The number of oxazole rings is 1. The molecule has 0 saturated carbocycles. The largest absolute Gasteiger partial charge is 0.424 e. The molecular weight excluding hydrogens is 346 g/mol. The van der Waals surface area contributed by atoms with E-state index in [4.69, 9.17) is 4.42 Å². The van der Waals surface area contributed by atoms with Crippen molar-refractivity contribution < 1.29 is 4.42 Å². The number of hydrogen-bond acceptors (Lipinski definition) is 2. The highest BCUT2D eigenvalue weighted by Crippen LogP contribution is 2.34. The van der Waals surface area contributed by atoms with Crippen molar-refractivity contribution in [3.05, 3.63) is 114 Å². The quantitative estimate of drug-likeness (QED) is 0.399. The van der Waals surface area contributed by atoms with E-state index in [9.17, 15) is 4.79 Å². The fourth-order valence-electron chi connectivity index (χ4n) is 3.64. The van der Waals surface area contributed by atoms with E-state index < -0.39 is 5.76 Å². The molecule has 0 radical (unpaired) electrons. The first-order valence-electron chi connectivity index (χ1n) is 9.18. The Morgan fingerprint density at radius 3 is 1.96 bits per heavy atom. The van der Waals surface area contributed by atoms with Crippen LogP contribution < -0.4 is 5.76 Å². The van der Waals surface area contributed by atoms with Crippen LogP contribution in [0.15, 0.2) is 112 Å². The number of rotatable bonds is 3. The van der Waals surface area contributed by atoms with Gasteiger partial charge >= 0.3 is 5.76 Å². The van der Waals surface area contributed by atoms with Gasteiger partial charge in [-0.3, -0.25) is 0 Å². The van der Waals surface area contributed by atoms with Crippen LogP contribution >= 0.6 is 0 Å². The summed E-state index contributed by atoms with van der Waals surface area (Å²) in [5.74, 6) is 0.179. The molecule has 0 aliphatic rings. The molecule has 0 bridgehead atoms. The van der Waals surface area contributed by atoms with E-state index in [2.05, 4.69) is 0 Å². The molecule has 5 rings (SSSR count). The van der Waals surface area contributed by atoms with Crippen LogP contribution in [-0.4, -0.2) is 4.57 Å². The van der Waals surface area contributed by atoms with Crippen molar-refractivity contribution in [3.63, 3.8) is 0 Å². The Morgan fingerprint density at radius 2 is 1.21 bits per heavy atom. The average Bonchev–Trinajstić information content (AvgIpc) is 3.11. The first kappa shape index (κ1) is 16.3. The molecule has 134 valence electrons. The van der Waals surface area contributed by atoms with Crippen LogP contribution in [0, 0.1) is 0 Å². The zero-order valence-corrected chi connectivity index (χ0v) is 15.1. The van der Waals surface area contributed by atoms with E-state index in [1.54, 1.807) is 4.57 Å². The van der Waals surface area contributed by atoms with Gasteiger partial charge in [-0.25, -0.2) is 9.36 Å².